The fourth-order valence-corrected chi connectivity index (χ4v) is 2.85. The lowest BCUT2D eigenvalue weighted by atomic mass is 9.79. The van der Waals surface area contributed by atoms with E-state index in [1.807, 2.05) is 0 Å². The molecule has 0 radical (unpaired) electrons. The zero-order valence-electron chi connectivity index (χ0n) is 9.15. The highest BCUT2D eigenvalue weighted by molar-refractivity contribution is 5.69. The Kier molecular flexibility index (Phi) is 3.62. The minimum absolute atomic E-state index is 0.0780. The number of carboxylic acids is 1. The highest BCUT2D eigenvalue weighted by atomic mass is 16.5. The van der Waals surface area contributed by atoms with Gasteiger partial charge in [0.05, 0.1) is 12.0 Å². The van der Waals surface area contributed by atoms with E-state index in [0.717, 1.165) is 38.7 Å². The van der Waals surface area contributed by atoms with Crippen LogP contribution in [0.1, 0.15) is 44.9 Å². The van der Waals surface area contributed by atoms with Crippen molar-refractivity contribution >= 4 is 5.97 Å². The summed E-state index contributed by atoms with van der Waals surface area (Å²) in [5.41, 5.74) is 0. The third-order valence-corrected chi connectivity index (χ3v) is 3.82. The predicted octanol–water partition coefficient (Wildman–Crippen LogP) is 2.45. The van der Waals surface area contributed by atoms with Crippen LogP contribution in [0.4, 0.5) is 0 Å². The molecule has 3 heteroatoms. The maximum Gasteiger partial charge on any atom is 0.306 e. The van der Waals surface area contributed by atoms with Crippen molar-refractivity contribution < 1.29 is 14.6 Å². The number of hydrogen-bond acceptors (Lipinski definition) is 2. The van der Waals surface area contributed by atoms with E-state index in [0.29, 0.717) is 12.0 Å². The second-order valence-corrected chi connectivity index (χ2v) is 4.93. The molecule has 0 spiro atoms. The van der Waals surface area contributed by atoms with Crippen LogP contribution in [0, 0.1) is 11.8 Å². The van der Waals surface area contributed by atoms with Gasteiger partial charge in [0.25, 0.3) is 0 Å². The van der Waals surface area contributed by atoms with Crippen LogP contribution in [0.2, 0.25) is 0 Å². The van der Waals surface area contributed by atoms with E-state index in [9.17, 15) is 4.79 Å². The summed E-state index contributed by atoms with van der Waals surface area (Å²) in [4.78, 5) is 10.8. The van der Waals surface area contributed by atoms with Gasteiger partial charge in [-0.1, -0.05) is 0 Å². The van der Waals surface area contributed by atoms with Crippen LogP contribution >= 0.6 is 0 Å². The molecule has 1 N–H and O–H groups in total. The Morgan fingerprint density at radius 1 is 1.20 bits per heavy atom. The van der Waals surface area contributed by atoms with Gasteiger partial charge in [-0.05, 0) is 50.9 Å². The van der Waals surface area contributed by atoms with Crippen molar-refractivity contribution in [1.29, 1.82) is 0 Å². The van der Waals surface area contributed by atoms with Crippen molar-refractivity contribution in [2.24, 2.45) is 11.8 Å². The minimum atomic E-state index is -0.606. The van der Waals surface area contributed by atoms with Crippen LogP contribution in [0.25, 0.3) is 0 Å². The van der Waals surface area contributed by atoms with Crippen molar-refractivity contribution in [2.45, 2.75) is 51.0 Å². The van der Waals surface area contributed by atoms with Crippen LogP contribution < -0.4 is 0 Å². The normalized spacial score (nSPS) is 36.7. The average molecular weight is 212 g/mol. The van der Waals surface area contributed by atoms with Gasteiger partial charge in [0.15, 0.2) is 0 Å². The molecule has 3 nitrogen and oxygen atoms in total. The Labute approximate surface area is 90.8 Å². The van der Waals surface area contributed by atoms with Crippen LogP contribution in [-0.4, -0.2) is 23.8 Å². The molecule has 1 saturated heterocycles. The highest BCUT2D eigenvalue weighted by Crippen LogP contribution is 2.33. The van der Waals surface area contributed by atoms with Crippen LogP contribution in [0.15, 0.2) is 0 Å². The summed E-state index contributed by atoms with van der Waals surface area (Å²) in [5.74, 6) is 0.0278. The predicted molar refractivity (Wildman–Crippen MR) is 56.7 cm³/mol. The summed E-state index contributed by atoms with van der Waals surface area (Å²) in [7, 11) is 0. The van der Waals surface area contributed by atoms with Gasteiger partial charge >= 0.3 is 5.97 Å². The molecule has 1 unspecified atom stereocenters. The van der Waals surface area contributed by atoms with Gasteiger partial charge in [-0.15, -0.1) is 0 Å². The third-order valence-electron chi connectivity index (χ3n) is 3.82. The lowest BCUT2D eigenvalue weighted by Gasteiger charge is -2.27. The molecule has 15 heavy (non-hydrogen) atoms. The topological polar surface area (TPSA) is 46.5 Å². The number of carboxylic acid groups (broad SMARTS) is 1. The summed E-state index contributed by atoms with van der Waals surface area (Å²) in [6, 6.07) is 0. The Hall–Kier alpha value is -0.570. The van der Waals surface area contributed by atoms with E-state index in [2.05, 4.69) is 0 Å². The van der Waals surface area contributed by atoms with Crippen LogP contribution in [0.5, 0.6) is 0 Å². The Morgan fingerprint density at radius 2 is 1.93 bits per heavy atom. The fourth-order valence-electron chi connectivity index (χ4n) is 2.85. The lowest BCUT2D eigenvalue weighted by Crippen LogP contribution is -2.23. The van der Waals surface area contributed by atoms with Crippen molar-refractivity contribution in [2.75, 3.05) is 6.61 Å². The first-order valence-corrected chi connectivity index (χ1v) is 6.10. The van der Waals surface area contributed by atoms with Gasteiger partial charge in [-0.2, -0.15) is 0 Å². The number of carbonyl (C=O) groups is 1. The molecule has 0 aromatic heterocycles. The molecule has 2 fully saturated rings. The monoisotopic (exact) mass is 212 g/mol. The van der Waals surface area contributed by atoms with E-state index in [1.165, 1.54) is 12.8 Å². The summed E-state index contributed by atoms with van der Waals surface area (Å²) in [5, 5.41) is 8.88. The van der Waals surface area contributed by atoms with Gasteiger partial charge in [-0.3, -0.25) is 4.79 Å². The number of aliphatic carboxylic acids is 1. The van der Waals surface area contributed by atoms with Gasteiger partial charge in [-0.25, -0.2) is 0 Å². The zero-order chi connectivity index (χ0) is 10.7. The van der Waals surface area contributed by atoms with Gasteiger partial charge in [0, 0.05) is 6.61 Å². The molecule has 0 amide bonds. The SMILES string of the molecule is O=C(O)C1CCC(CC2CCCO2)CC1. The van der Waals surface area contributed by atoms with Crippen LogP contribution in [0.3, 0.4) is 0 Å². The van der Waals surface area contributed by atoms with E-state index in [-0.39, 0.29) is 5.92 Å². The first kappa shape index (κ1) is 10.9. The molecule has 0 aromatic rings. The summed E-state index contributed by atoms with van der Waals surface area (Å²) in [6.45, 7) is 0.926. The maximum absolute atomic E-state index is 10.8. The smallest absolute Gasteiger partial charge is 0.306 e. The van der Waals surface area contributed by atoms with E-state index < -0.39 is 5.97 Å². The number of ether oxygens (including phenoxy) is 1. The average Bonchev–Trinajstić information content (AvgIpc) is 2.71. The van der Waals surface area contributed by atoms with Gasteiger partial charge < -0.3 is 9.84 Å². The standard InChI is InChI=1S/C12H20O3/c13-12(14)10-5-3-9(4-6-10)8-11-2-1-7-15-11/h9-11H,1-8H2,(H,13,14). The van der Waals surface area contributed by atoms with Crippen LogP contribution in [-0.2, 0) is 9.53 Å². The lowest BCUT2D eigenvalue weighted by molar-refractivity contribution is -0.143. The molecule has 1 atom stereocenters. The quantitative estimate of drug-likeness (QED) is 0.781. The molecule has 1 saturated carbocycles. The fraction of sp³-hybridized carbons (Fsp3) is 0.917. The zero-order valence-corrected chi connectivity index (χ0v) is 9.15. The molecular weight excluding hydrogens is 192 g/mol. The Bertz CT molecular complexity index is 213. The van der Waals surface area contributed by atoms with Crippen molar-refractivity contribution in [1.82, 2.24) is 0 Å². The Morgan fingerprint density at radius 3 is 2.47 bits per heavy atom. The van der Waals surface area contributed by atoms with Crippen molar-refractivity contribution in [3.8, 4) is 0 Å². The van der Waals surface area contributed by atoms with Crippen molar-refractivity contribution in [3.05, 3.63) is 0 Å². The first-order chi connectivity index (χ1) is 7.25. The maximum atomic E-state index is 10.8. The molecule has 1 heterocycles. The number of rotatable bonds is 3. The summed E-state index contributed by atoms with van der Waals surface area (Å²) in [6.07, 6.45) is 7.93. The summed E-state index contributed by atoms with van der Waals surface area (Å²) >= 11 is 0. The molecule has 0 aromatic carbocycles. The van der Waals surface area contributed by atoms with E-state index >= 15 is 0 Å². The minimum Gasteiger partial charge on any atom is -0.481 e. The third kappa shape index (κ3) is 2.94. The molecule has 2 aliphatic rings. The van der Waals surface area contributed by atoms with Gasteiger partial charge in [0.1, 0.15) is 0 Å². The second kappa shape index (κ2) is 4.97. The van der Waals surface area contributed by atoms with Crippen molar-refractivity contribution in [3.63, 3.8) is 0 Å². The molecule has 1 aliphatic heterocycles. The molecular formula is C12H20O3. The molecule has 1 aliphatic carbocycles. The first-order valence-electron chi connectivity index (χ1n) is 6.10. The molecule has 86 valence electrons. The molecule has 2 rings (SSSR count). The van der Waals surface area contributed by atoms with E-state index in [1.54, 1.807) is 0 Å². The van der Waals surface area contributed by atoms with Gasteiger partial charge in [0.2, 0.25) is 0 Å². The largest absolute Gasteiger partial charge is 0.481 e. The van der Waals surface area contributed by atoms with E-state index in [4.69, 9.17) is 9.84 Å². The summed E-state index contributed by atoms with van der Waals surface area (Å²) < 4.78 is 5.61. The number of hydrogen-bond donors (Lipinski definition) is 1. The second-order valence-electron chi connectivity index (χ2n) is 4.93. The molecule has 0 bridgehead atoms. The highest BCUT2D eigenvalue weighted by Gasteiger charge is 2.28. The Balaban J connectivity index is 1.71.